The molecule has 2 radical (unpaired) electrons. The fourth-order valence-electron chi connectivity index (χ4n) is 0.228. The quantitative estimate of drug-likeness (QED) is 0.490. The molecule has 6 heavy (non-hydrogen) atoms. The summed E-state index contributed by atoms with van der Waals surface area (Å²) in [4.78, 5) is 0. The zero-order valence-corrected chi connectivity index (χ0v) is 4.92. The number of rotatable bonds is 3. The van der Waals surface area contributed by atoms with E-state index < -0.39 is 0 Å². The van der Waals surface area contributed by atoms with Gasteiger partial charge in [0.25, 0.3) is 0 Å². The van der Waals surface area contributed by atoms with E-state index in [0.717, 1.165) is 5.75 Å². The number of hydrogen-bond donors (Lipinski definition) is 0. The van der Waals surface area contributed by atoms with Crippen LogP contribution in [0.1, 0.15) is 13.3 Å². The van der Waals surface area contributed by atoms with E-state index in [-0.39, 0.29) is 0 Å². The minimum atomic E-state index is 0.772. The van der Waals surface area contributed by atoms with Crippen molar-refractivity contribution < 1.29 is 0 Å². The highest BCUT2D eigenvalue weighted by Crippen LogP contribution is 1.97. The highest BCUT2D eigenvalue weighted by molar-refractivity contribution is 7.99. The Hall–Kier alpha value is 0.350. The molecule has 0 atom stereocenters. The smallest absolute Gasteiger partial charge is 0.00330 e. The SMILES string of the molecule is [CH]CSCCC. The van der Waals surface area contributed by atoms with E-state index in [2.05, 4.69) is 6.92 Å². The van der Waals surface area contributed by atoms with E-state index in [0.29, 0.717) is 0 Å². The molecule has 0 fully saturated rings. The van der Waals surface area contributed by atoms with Crippen molar-refractivity contribution in [1.82, 2.24) is 0 Å². The molecule has 0 aliphatic rings. The summed E-state index contributed by atoms with van der Waals surface area (Å²) in [5.41, 5.74) is 0. The molecule has 0 aromatic carbocycles. The summed E-state index contributed by atoms with van der Waals surface area (Å²) < 4.78 is 0. The largest absolute Gasteiger partial charge is 0.162 e. The standard InChI is InChI=1S/C5H10S/c1-3-5-6-4-2/h2H,3-5H2,1H3. The molecule has 0 saturated heterocycles. The summed E-state index contributed by atoms with van der Waals surface area (Å²) >= 11 is 1.79. The van der Waals surface area contributed by atoms with Crippen LogP contribution in [0.3, 0.4) is 0 Å². The predicted octanol–water partition coefficient (Wildman–Crippen LogP) is 1.84. The van der Waals surface area contributed by atoms with E-state index >= 15 is 0 Å². The predicted molar refractivity (Wildman–Crippen MR) is 31.9 cm³/mol. The molecule has 36 valence electrons. The fourth-order valence-corrected chi connectivity index (χ4v) is 0.683. The molecular formula is C5H10S. The van der Waals surface area contributed by atoms with Crippen molar-refractivity contribution in [2.24, 2.45) is 0 Å². The van der Waals surface area contributed by atoms with Crippen molar-refractivity contribution in [2.75, 3.05) is 11.5 Å². The first kappa shape index (κ1) is 6.35. The van der Waals surface area contributed by atoms with Crippen molar-refractivity contribution in [1.29, 1.82) is 0 Å². The normalized spacial score (nSPS) is 9.00. The Kier molecular flexibility index (Phi) is 5.66. The Morgan fingerprint density at radius 3 is 2.50 bits per heavy atom. The van der Waals surface area contributed by atoms with E-state index in [1.807, 2.05) is 0 Å². The number of thioether (sulfide) groups is 1. The first-order valence-corrected chi connectivity index (χ1v) is 3.35. The summed E-state index contributed by atoms with van der Waals surface area (Å²) in [5.74, 6) is 1.98. The molecule has 0 spiro atoms. The lowest BCUT2D eigenvalue weighted by Gasteiger charge is -1.86. The average molecular weight is 102 g/mol. The Bertz CT molecular complexity index is 15.9. The Balaban J connectivity index is 2.34. The molecule has 0 aromatic rings. The third-order valence-electron chi connectivity index (χ3n) is 0.466. The van der Waals surface area contributed by atoms with Crippen LogP contribution >= 0.6 is 11.8 Å². The van der Waals surface area contributed by atoms with Gasteiger partial charge in [-0.05, 0) is 24.9 Å². The molecule has 0 aliphatic carbocycles. The van der Waals surface area contributed by atoms with Crippen molar-refractivity contribution >= 4 is 11.8 Å². The van der Waals surface area contributed by atoms with E-state index in [9.17, 15) is 0 Å². The van der Waals surface area contributed by atoms with Crippen LogP contribution in [0, 0.1) is 6.92 Å². The molecule has 1 heteroatoms. The molecule has 0 N–H and O–H groups in total. The van der Waals surface area contributed by atoms with Gasteiger partial charge in [-0.15, -0.1) is 0 Å². The van der Waals surface area contributed by atoms with E-state index in [1.54, 1.807) is 11.8 Å². The van der Waals surface area contributed by atoms with E-state index in [1.165, 1.54) is 12.2 Å². The van der Waals surface area contributed by atoms with Crippen LogP contribution in [0.15, 0.2) is 0 Å². The summed E-state index contributed by atoms with van der Waals surface area (Å²) in [7, 11) is 0. The van der Waals surface area contributed by atoms with Gasteiger partial charge in [0, 0.05) is 0 Å². The Labute approximate surface area is 44.3 Å². The van der Waals surface area contributed by atoms with Gasteiger partial charge in [-0.1, -0.05) is 6.92 Å². The third-order valence-corrected chi connectivity index (χ3v) is 1.40. The first-order valence-electron chi connectivity index (χ1n) is 2.19. The highest BCUT2D eigenvalue weighted by Gasteiger charge is 1.75. The van der Waals surface area contributed by atoms with Gasteiger partial charge in [-0.25, -0.2) is 0 Å². The van der Waals surface area contributed by atoms with Gasteiger partial charge in [-0.2, -0.15) is 11.8 Å². The zero-order chi connectivity index (χ0) is 4.83. The molecule has 0 heterocycles. The van der Waals surface area contributed by atoms with Gasteiger partial charge in [0.1, 0.15) is 0 Å². The van der Waals surface area contributed by atoms with Crippen molar-refractivity contribution in [3.05, 3.63) is 6.92 Å². The number of hydrogen-bond acceptors (Lipinski definition) is 1. The van der Waals surface area contributed by atoms with Crippen molar-refractivity contribution in [3.8, 4) is 0 Å². The summed E-state index contributed by atoms with van der Waals surface area (Å²) in [6.07, 6.45) is 1.24. The molecular weight excluding hydrogens is 92.1 g/mol. The van der Waals surface area contributed by atoms with Crippen LogP contribution in [0.4, 0.5) is 0 Å². The molecule has 0 rings (SSSR count). The first-order chi connectivity index (χ1) is 2.91. The van der Waals surface area contributed by atoms with Gasteiger partial charge < -0.3 is 0 Å². The summed E-state index contributed by atoms with van der Waals surface area (Å²) in [6, 6.07) is 0. The van der Waals surface area contributed by atoms with Crippen LogP contribution in [0.5, 0.6) is 0 Å². The van der Waals surface area contributed by atoms with Crippen LogP contribution in [-0.4, -0.2) is 11.5 Å². The fraction of sp³-hybridized carbons (Fsp3) is 0.800. The van der Waals surface area contributed by atoms with Crippen LogP contribution in [0.2, 0.25) is 0 Å². The minimum Gasteiger partial charge on any atom is -0.162 e. The zero-order valence-electron chi connectivity index (χ0n) is 4.11. The molecule has 0 bridgehead atoms. The molecule has 0 saturated carbocycles. The lowest BCUT2D eigenvalue weighted by atomic mass is 10.6. The monoisotopic (exact) mass is 102 g/mol. The molecule has 0 aliphatic heterocycles. The molecule has 0 amide bonds. The minimum absolute atomic E-state index is 0.772. The topological polar surface area (TPSA) is 0 Å². The maximum Gasteiger partial charge on any atom is -0.00330 e. The average Bonchev–Trinajstić information content (AvgIpc) is 1.61. The molecule has 0 aromatic heterocycles. The Morgan fingerprint density at radius 1 is 1.67 bits per heavy atom. The van der Waals surface area contributed by atoms with E-state index in [4.69, 9.17) is 6.92 Å². The van der Waals surface area contributed by atoms with Crippen LogP contribution in [-0.2, 0) is 0 Å². The van der Waals surface area contributed by atoms with Crippen molar-refractivity contribution in [3.63, 3.8) is 0 Å². The third kappa shape index (κ3) is 4.35. The second kappa shape index (κ2) is 5.35. The second-order valence-electron chi connectivity index (χ2n) is 1.07. The lowest BCUT2D eigenvalue weighted by Crippen LogP contribution is -1.72. The second-order valence-corrected chi connectivity index (χ2v) is 2.22. The highest BCUT2D eigenvalue weighted by atomic mass is 32.2. The molecule has 0 unspecified atom stereocenters. The van der Waals surface area contributed by atoms with Gasteiger partial charge in [-0.3, -0.25) is 0 Å². The Morgan fingerprint density at radius 2 is 2.33 bits per heavy atom. The van der Waals surface area contributed by atoms with Crippen LogP contribution < -0.4 is 0 Å². The molecule has 0 nitrogen and oxygen atoms in total. The van der Waals surface area contributed by atoms with Gasteiger partial charge in [0.15, 0.2) is 0 Å². The van der Waals surface area contributed by atoms with Gasteiger partial charge >= 0.3 is 0 Å². The van der Waals surface area contributed by atoms with Crippen molar-refractivity contribution in [2.45, 2.75) is 13.3 Å². The van der Waals surface area contributed by atoms with Crippen LogP contribution in [0.25, 0.3) is 0 Å². The maximum absolute atomic E-state index is 5.18. The summed E-state index contributed by atoms with van der Waals surface area (Å²) in [6.45, 7) is 7.33. The summed E-state index contributed by atoms with van der Waals surface area (Å²) in [5, 5.41) is 0. The maximum atomic E-state index is 5.18. The van der Waals surface area contributed by atoms with Gasteiger partial charge in [0.05, 0.1) is 0 Å². The van der Waals surface area contributed by atoms with Gasteiger partial charge in [0.2, 0.25) is 0 Å². The lowest BCUT2D eigenvalue weighted by molar-refractivity contribution is 1.11.